The third-order valence-electron chi connectivity index (χ3n) is 4.56. The summed E-state index contributed by atoms with van der Waals surface area (Å²) in [6, 6.07) is 11.6. The third-order valence-corrected chi connectivity index (χ3v) is 4.56. The fraction of sp³-hybridized carbons (Fsp3) is 0.478. The number of carbonyl (C=O) groups excluding carboxylic acids is 1. The molecule has 4 nitrogen and oxygen atoms in total. The van der Waals surface area contributed by atoms with Crippen LogP contribution in [0.5, 0.6) is 5.75 Å². The van der Waals surface area contributed by atoms with Crippen molar-refractivity contribution in [2.75, 3.05) is 13.3 Å². The molecule has 0 radical (unpaired) electrons. The van der Waals surface area contributed by atoms with Crippen LogP contribution in [0.1, 0.15) is 57.5 Å². The molecular formula is C23H31FN2O2. The van der Waals surface area contributed by atoms with Crippen molar-refractivity contribution in [3.63, 3.8) is 0 Å². The van der Waals surface area contributed by atoms with Gasteiger partial charge in [-0.15, -0.1) is 0 Å². The normalized spacial score (nSPS) is 13.6. The zero-order chi connectivity index (χ0) is 20.7. The number of hydrogen-bond acceptors (Lipinski definition) is 3. The molecule has 0 saturated heterocycles. The molecule has 5 heteroatoms. The maximum Gasteiger partial charge on any atom is 0.224 e. The van der Waals surface area contributed by atoms with Crippen molar-refractivity contribution in [1.82, 2.24) is 10.3 Å². The zero-order valence-electron chi connectivity index (χ0n) is 17.5. The first-order chi connectivity index (χ1) is 13.2. The molecule has 152 valence electrons. The summed E-state index contributed by atoms with van der Waals surface area (Å²) in [6.45, 7) is 10.1. The van der Waals surface area contributed by atoms with E-state index in [0.29, 0.717) is 18.8 Å². The minimum absolute atomic E-state index is 0.0464. The van der Waals surface area contributed by atoms with Crippen LogP contribution in [0, 0.1) is 5.92 Å². The van der Waals surface area contributed by atoms with Crippen LogP contribution < -0.4 is 10.1 Å². The summed E-state index contributed by atoms with van der Waals surface area (Å²) in [4.78, 5) is 16.7. The Kier molecular flexibility index (Phi) is 7.55. The molecule has 0 aliphatic rings. The summed E-state index contributed by atoms with van der Waals surface area (Å²) in [6.07, 6.45) is 1.94. The average Bonchev–Trinajstić information content (AvgIpc) is 2.66. The number of carbonyl (C=O) groups is 1. The quantitative estimate of drug-likeness (QED) is 0.710. The summed E-state index contributed by atoms with van der Waals surface area (Å²) >= 11 is 0. The molecule has 1 heterocycles. The highest BCUT2D eigenvalue weighted by Crippen LogP contribution is 2.22. The number of benzene rings is 1. The summed E-state index contributed by atoms with van der Waals surface area (Å²) in [5.74, 6) is 0.409. The Morgan fingerprint density at radius 1 is 1.14 bits per heavy atom. The minimum atomic E-state index is -0.409. The Bertz CT molecular complexity index is 752. The van der Waals surface area contributed by atoms with Crippen LogP contribution >= 0.6 is 0 Å². The van der Waals surface area contributed by atoms with E-state index in [2.05, 4.69) is 43.2 Å². The van der Waals surface area contributed by atoms with Crippen LogP contribution in [-0.4, -0.2) is 24.2 Å². The molecule has 1 aromatic heterocycles. The van der Waals surface area contributed by atoms with Gasteiger partial charge >= 0.3 is 0 Å². The molecular weight excluding hydrogens is 355 g/mol. The summed E-state index contributed by atoms with van der Waals surface area (Å²) < 4.78 is 18.0. The van der Waals surface area contributed by atoms with Gasteiger partial charge in [-0.1, -0.05) is 52.0 Å². The van der Waals surface area contributed by atoms with Gasteiger partial charge in [-0.2, -0.15) is 0 Å². The highest BCUT2D eigenvalue weighted by molar-refractivity contribution is 5.78. The number of aromatic nitrogens is 1. The predicted molar refractivity (Wildman–Crippen MR) is 110 cm³/mol. The van der Waals surface area contributed by atoms with Gasteiger partial charge in [-0.05, 0) is 35.6 Å². The lowest BCUT2D eigenvalue weighted by Crippen LogP contribution is -2.28. The maximum absolute atomic E-state index is 12.5. The van der Waals surface area contributed by atoms with E-state index in [-0.39, 0.29) is 23.3 Å². The van der Waals surface area contributed by atoms with Crippen LogP contribution in [0.25, 0.3) is 0 Å². The van der Waals surface area contributed by atoms with Crippen LogP contribution in [0.4, 0.5) is 4.39 Å². The van der Waals surface area contributed by atoms with Gasteiger partial charge in [0.05, 0.1) is 37.6 Å². The fourth-order valence-electron chi connectivity index (χ4n) is 2.69. The van der Waals surface area contributed by atoms with E-state index in [1.165, 1.54) is 5.56 Å². The number of alkyl halides is 1. The van der Waals surface area contributed by atoms with E-state index in [4.69, 9.17) is 4.74 Å². The number of ether oxygens (including phenoxy) is 1. The monoisotopic (exact) mass is 386 g/mol. The van der Waals surface area contributed by atoms with Crippen LogP contribution in [0.2, 0.25) is 0 Å². The number of nitrogens with one attached hydrogen (secondary N) is 1. The molecule has 0 spiro atoms. The highest BCUT2D eigenvalue weighted by atomic mass is 19.1. The number of rotatable bonds is 8. The molecule has 0 saturated carbocycles. The van der Waals surface area contributed by atoms with E-state index in [0.717, 1.165) is 11.3 Å². The Morgan fingerprint density at radius 2 is 1.82 bits per heavy atom. The number of amides is 1. The Hall–Kier alpha value is -2.43. The van der Waals surface area contributed by atoms with E-state index < -0.39 is 6.67 Å². The molecule has 0 aliphatic carbocycles. The molecule has 0 aliphatic heterocycles. The Morgan fingerprint density at radius 3 is 2.36 bits per heavy atom. The molecule has 0 fully saturated rings. The lowest BCUT2D eigenvalue weighted by Gasteiger charge is -2.19. The first-order valence-electron chi connectivity index (χ1n) is 9.72. The van der Waals surface area contributed by atoms with Crippen molar-refractivity contribution in [3.8, 4) is 5.75 Å². The van der Waals surface area contributed by atoms with Gasteiger partial charge in [0.15, 0.2) is 0 Å². The predicted octanol–water partition coefficient (Wildman–Crippen LogP) is 4.78. The zero-order valence-corrected chi connectivity index (χ0v) is 17.5. The van der Waals surface area contributed by atoms with Crippen molar-refractivity contribution in [1.29, 1.82) is 0 Å². The van der Waals surface area contributed by atoms with E-state index in [1.54, 1.807) is 19.2 Å². The lowest BCUT2D eigenvalue weighted by atomic mass is 9.86. The first kappa shape index (κ1) is 21.9. The van der Waals surface area contributed by atoms with Crippen molar-refractivity contribution in [2.24, 2.45) is 5.92 Å². The fourth-order valence-corrected chi connectivity index (χ4v) is 2.69. The highest BCUT2D eigenvalue weighted by Gasteiger charge is 2.15. The van der Waals surface area contributed by atoms with E-state index in [1.807, 2.05) is 25.1 Å². The summed E-state index contributed by atoms with van der Waals surface area (Å²) in [5, 5.41) is 2.98. The SMILES string of the molecule is CC(CF)COc1ccc(C(C)NC(=O)Cc2ccc(C(C)(C)C)cc2)nc1. The number of halogens is 1. The second-order valence-corrected chi connectivity index (χ2v) is 8.40. The van der Waals surface area contributed by atoms with Gasteiger partial charge in [-0.25, -0.2) is 0 Å². The smallest absolute Gasteiger partial charge is 0.224 e. The van der Waals surface area contributed by atoms with Gasteiger partial charge in [0.1, 0.15) is 5.75 Å². The summed E-state index contributed by atoms with van der Waals surface area (Å²) in [5.41, 5.74) is 3.08. The van der Waals surface area contributed by atoms with Gasteiger partial charge in [0, 0.05) is 5.92 Å². The molecule has 28 heavy (non-hydrogen) atoms. The van der Waals surface area contributed by atoms with Crippen LogP contribution in [0.3, 0.4) is 0 Å². The molecule has 2 unspecified atom stereocenters. The van der Waals surface area contributed by atoms with E-state index >= 15 is 0 Å². The largest absolute Gasteiger partial charge is 0.492 e. The second-order valence-electron chi connectivity index (χ2n) is 8.40. The Balaban J connectivity index is 1.88. The van der Waals surface area contributed by atoms with Crippen molar-refractivity contribution in [2.45, 2.75) is 52.5 Å². The van der Waals surface area contributed by atoms with Crippen molar-refractivity contribution in [3.05, 3.63) is 59.4 Å². The van der Waals surface area contributed by atoms with E-state index in [9.17, 15) is 9.18 Å². The average molecular weight is 387 g/mol. The number of nitrogens with zero attached hydrogens (tertiary/aromatic N) is 1. The molecule has 2 aromatic rings. The second kappa shape index (κ2) is 9.67. The lowest BCUT2D eigenvalue weighted by molar-refractivity contribution is -0.121. The Labute approximate surface area is 167 Å². The standard InChI is InChI=1S/C23H31FN2O2/c1-16(13-24)15-28-20-10-11-21(25-14-20)17(2)26-22(27)12-18-6-8-19(9-7-18)23(3,4)5/h6-11,14,16-17H,12-13,15H2,1-5H3,(H,26,27). The van der Waals surface area contributed by atoms with Crippen LogP contribution in [-0.2, 0) is 16.6 Å². The molecule has 0 bridgehead atoms. The summed E-state index contributed by atoms with van der Waals surface area (Å²) in [7, 11) is 0. The topological polar surface area (TPSA) is 51.2 Å². The molecule has 2 atom stereocenters. The third kappa shape index (κ3) is 6.63. The van der Waals surface area contributed by atoms with Gasteiger partial charge in [-0.3, -0.25) is 14.2 Å². The van der Waals surface area contributed by atoms with Crippen molar-refractivity contribution < 1.29 is 13.9 Å². The van der Waals surface area contributed by atoms with Gasteiger partial charge in [0.25, 0.3) is 0 Å². The first-order valence-corrected chi connectivity index (χ1v) is 9.72. The van der Waals surface area contributed by atoms with Gasteiger partial charge < -0.3 is 10.1 Å². The molecule has 2 rings (SSSR count). The number of pyridine rings is 1. The van der Waals surface area contributed by atoms with Gasteiger partial charge in [0.2, 0.25) is 5.91 Å². The minimum Gasteiger partial charge on any atom is -0.492 e. The molecule has 1 amide bonds. The van der Waals surface area contributed by atoms with Crippen molar-refractivity contribution >= 4 is 5.91 Å². The maximum atomic E-state index is 12.5. The van der Waals surface area contributed by atoms with Crippen LogP contribution in [0.15, 0.2) is 42.6 Å². The number of hydrogen-bond donors (Lipinski definition) is 1. The molecule has 1 aromatic carbocycles. The molecule has 1 N–H and O–H groups in total.